The first-order chi connectivity index (χ1) is 11.5. The molecule has 0 fully saturated rings. The first-order valence-corrected chi connectivity index (χ1v) is 7.38. The number of hydrogen-bond donors (Lipinski definition) is 1. The number of ether oxygens (including phenoxy) is 2. The van der Waals surface area contributed by atoms with Gasteiger partial charge in [-0.05, 0) is 49.7 Å². The lowest BCUT2D eigenvalue weighted by Crippen LogP contribution is -2.07. The van der Waals surface area contributed by atoms with Gasteiger partial charge in [0.2, 0.25) is 0 Å². The van der Waals surface area contributed by atoms with Gasteiger partial charge in [0.05, 0.1) is 30.0 Å². The summed E-state index contributed by atoms with van der Waals surface area (Å²) in [5.74, 6) is 1.30. The summed E-state index contributed by atoms with van der Waals surface area (Å²) < 4.78 is 11.0. The van der Waals surface area contributed by atoms with E-state index in [0.717, 1.165) is 5.56 Å². The third-order valence-electron chi connectivity index (χ3n) is 3.04. The van der Waals surface area contributed by atoms with Gasteiger partial charge >= 0.3 is 0 Å². The van der Waals surface area contributed by atoms with Gasteiger partial charge in [-0.3, -0.25) is 15.5 Å². The molecule has 126 valence electrons. The molecular formula is C17H19N3O4. The Morgan fingerprint density at radius 3 is 2.46 bits per heavy atom. The van der Waals surface area contributed by atoms with Gasteiger partial charge in [-0.15, -0.1) is 0 Å². The van der Waals surface area contributed by atoms with Crippen molar-refractivity contribution in [3.63, 3.8) is 0 Å². The van der Waals surface area contributed by atoms with Crippen molar-refractivity contribution in [2.45, 2.75) is 20.0 Å². The molecule has 0 saturated heterocycles. The highest BCUT2D eigenvalue weighted by Crippen LogP contribution is 2.28. The van der Waals surface area contributed by atoms with Crippen LogP contribution in [0.3, 0.4) is 0 Å². The molecule has 2 rings (SSSR count). The Labute approximate surface area is 140 Å². The molecule has 0 spiro atoms. The molecule has 1 N–H and O–H groups in total. The van der Waals surface area contributed by atoms with Gasteiger partial charge in [0.15, 0.2) is 11.5 Å². The topological polar surface area (TPSA) is 86.0 Å². The lowest BCUT2D eigenvalue weighted by molar-refractivity contribution is -0.384. The second-order valence-corrected chi connectivity index (χ2v) is 5.25. The number of non-ortho nitro benzene ring substituents is 1. The predicted octanol–water partition coefficient (Wildman–Crippen LogP) is 3.84. The van der Waals surface area contributed by atoms with Crippen molar-refractivity contribution in [2.75, 3.05) is 12.5 Å². The van der Waals surface area contributed by atoms with Crippen LogP contribution >= 0.6 is 0 Å². The lowest BCUT2D eigenvalue weighted by atomic mass is 10.2. The summed E-state index contributed by atoms with van der Waals surface area (Å²) in [7, 11) is 1.59. The van der Waals surface area contributed by atoms with Gasteiger partial charge in [-0.1, -0.05) is 0 Å². The number of nitro benzene ring substituents is 1. The highest BCUT2D eigenvalue weighted by Gasteiger charge is 2.07. The van der Waals surface area contributed by atoms with Crippen LogP contribution < -0.4 is 14.9 Å². The molecule has 0 amide bonds. The monoisotopic (exact) mass is 329 g/mol. The fraction of sp³-hybridized carbons (Fsp3) is 0.235. The molecule has 0 radical (unpaired) electrons. The Hall–Kier alpha value is -3.09. The normalized spacial score (nSPS) is 10.8. The molecule has 2 aromatic carbocycles. The van der Waals surface area contributed by atoms with E-state index in [4.69, 9.17) is 9.47 Å². The lowest BCUT2D eigenvalue weighted by Gasteiger charge is -2.13. The van der Waals surface area contributed by atoms with Gasteiger partial charge in [-0.2, -0.15) is 5.10 Å². The average molecular weight is 329 g/mol. The standard InChI is InChI=1S/C17H19N3O4/c1-12(2)24-17-10-13(4-9-16(17)23-3)11-18-19-14-5-7-15(8-6-14)20(21)22/h4-12,19H,1-3H3/b18-11+. The van der Waals surface area contributed by atoms with Crippen molar-refractivity contribution in [3.8, 4) is 11.5 Å². The van der Waals surface area contributed by atoms with Crippen molar-refractivity contribution in [1.82, 2.24) is 0 Å². The van der Waals surface area contributed by atoms with Crippen molar-refractivity contribution in [3.05, 3.63) is 58.1 Å². The molecule has 7 nitrogen and oxygen atoms in total. The van der Waals surface area contributed by atoms with Crippen LogP contribution in [0.1, 0.15) is 19.4 Å². The van der Waals surface area contributed by atoms with Crippen molar-refractivity contribution in [2.24, 2.45) is 5.10 Å². The van der Waals surface area contributed by atoms with E-state index in [1.807, 2.05) is 32.0 Å². The minimum absolute atomic E-state index is 0.0318. The van der Waals surface area contributed by atoms with E-state index in [1.165, 1.54) is 12.1 Å². The zero-order valence-electron chi connectivity index (χ0n) is 13.7. The minimum atomic E-state index is -0.444. The van der Waals surface area contributed by atoms with Crippen LogP contribution in [0.5, 0.6) is 11.5 Å². The number of nitrogens with zero attached hydrogens (tertiary/aromatic N) is 2. The zero-order valence-corrected chi connectivity index (χ0v) is 13.7. The quantitative estimate of drug-likeness (QED) is 0.474. The van der Waals surface area contributed by atoms with Crippen LogP contribution in [0, 0.1) is 10.1 Å². The number of nitro groups is 1. The van der Waals surface area contributed by atoms with Gasteiger partial charge in [-0.25, -0.2) is 0 Å². The number of anilines is 1. The number of nitrogens with one attached hydrogen (secondary N) is 1. The summed E-state index contributed by atoms with van der Waals surface area (Å²) in [4.78, 5) is 10.2. The Balaban J connectivity index is 2.07. The summed E-state index contributed by atoms with van der Waals surface area (Å²) in [5, 5.41) is 14.7. The molecule has 0 bridgehead atoms. The summed E-state index contributed by atoms with van der Waals surface area (Å²) >= 11 is 0. The van der Waals surface area contributed by atoms with Crippen LogP contribution in [-0.4, -0.2) is 24.4 Å². The Morgan fingerprint density at radius 1 is 1.17 bits per heavy atom. The van der Waals surface area contributed by atoms with E-state index in [2.05, 4.69) is 10.5 Å². The fourth-order valence-electron chi connectivity index (χ4n) is 1.96. The largest absolute Gasteiger partial charge is 0.493 e. The average Bonchev–Trinajstić information content (AvgIpc) is 2.55. The van der Waals surface area contributed by atoms with Gasteiger partial charge in [0.25, 0.3) is 5.69 Å². The van der Waals surface area contributed by atoms with Crippen LogP contribution in [0.25, 0.3) is 0 Å². The van der Waals surface area contributed by atoms with E-state index >= 15 is 0 Å². The van der Waals surface area contributed by atoms with E-state index in [1.54, 1.807) is 25.5 Å². The number of hydrogen-bond acceptors (Lipinski definition) is 6. The summed E-state index contributed by atoms with van der Waals surface area (Å²) in [5.41, 5.74) is 4.35. The second-order valence-electron chi connectivity index (χ2n) is 5.25. The van der Waals surface area contributed by atoms with Crippen LogP contribution in [0.2, 0.25) is 0 Å². The molecule has 0 saturated carbocycles. The van der Waals surface area contributed by atoms with Crippen molar-refractivity contribution in [1.29, 1.82) is 0 Å². The summed E-state index contributed by atoms with van der Waals surface area (Å²) in [6.45, 7) is 3.88. The molecule has 7 heteroatoms. The fourth-order valence-corrected chi connectivity index (χ4v) is 1.96. The first-order valence-electron chi connectivity index (χ1n) is 7.38. The number of hydrazone groups is 1. The van der Waals surface area contributed by atoms with Gasteiger partial charge in [0, 0.05) is 12.1 Å². The maximum Gasteiger partial charge on any atom is 0.269 e. The van der Waals surface area contributed by atoms with Crippen molar-refractivity contribution < 1.29 is 14.4 Å². The highest BCUT2D eigenvalue weighted by atomic mass is 16.6. The third kappa shape index (κ3) is 4.70. The molecule has 0 aliphatic rings. The molecule has 0 aromatic heterocycles. The minimum Gasteiger partial charge on any atom is -0.493 e. The molecule has 2 aromatic rings. The second kappa shape index (κ2) is 7.96. The molecule has 0 atom stereocenters. The van der Waals surface area contributed by atoms with E-state index < -0.39 is 4.92 Å². The van der Waals surface area contributed by atoms with Crippen LogP contribution in [-0.2, 0) is 0 Å². The van der Waals surface area contributed by atoms with E-state index in [0.29, 0.717) is 17.2 Å². The summed E-state index contributed by atoms with van der Waals surface area (Å²) in [6, 6.07) is 11.5. The van der Waals surface area contributed by atoms with Crippen molar-refractivity contribution >= 4 is 17.6 Å². The molecule has 24 heavy (non-hydrogen) atoms. The Kier molecular flexibility index (Phi) is 5.73. The van der Waals surface area contributed by atoms with Gasteiger partial charge in [0.1, 0.15) is 0 Å². The zero-order chi connectivity index (χ0) is 17.5. The van der Waals surface area contributed by atoms with Gasteiger partial charge < -0.3 is 9.47 Å². The smallest absolute Gasteiger partial charge is 0.269 e. The van der Waals surface area contributed by atoms with Crippen LogP contribution in [0.15, 0.2) is 47.6 Å². The molecule has 0 unspecified atom stereocenters. The first kappa shape index (κ1) is 17.3. The highest BCUT2D eigenvalue weighted by molar-refractivity contribution is 5.81. The molecular weight excluding hydrogens is 310 g/mol. The van der Waals surface area contributed by atoms with E-state index in [-0.39, 0.29) is 11.8 Å². The summed E-state index contributed by atoms with van der Waals surface area (Å²) in [6.07, 6.45) is 1.66. The maximum absolute atomic E-state index is 10.6. The van der Waals surface area contributed by atoms with E-state index in [9.17, 15) is 10.1 Å². The molecule has 0 aliphatic carbocycles. The predicted molar refractivity (Wildman–Crippen MR) is 93.1 cm³/mol. The molecule has 0 heterocycles. The third-order valence-corrected chi connectivity index (χ3v) is 3.04. The molecule has 0 aliphatic heterocycles. The van der Waals surface area contributed by atoms with Crippen LogP contribution in [0.4, 0.5) is 11.4 Å². The Morgan fingerprint density at radius 2 is 1.88 bits per heavy atom. The number of methoxy groups -OCH3 is 1. The number of rotatable bonds is 7. The Bertz CT molecular complexity index is 727. The maximum atomic E-state index is 10.6. The number of benzene rings is 2. The SMILES string of the molecule is COc1ccc(/C=N/Nc2ccc([N+](=O)[O-])cc2)cc1OC(C)C.